The number of phenols is 1. The van der Waals surface area contributed by atoms with E-state index in [-0.39, 0.29) is 37.1 Å². The van der Waals surface area contributed by atoms with Gasteiger partial charge in [-0.3, -0.25) is 9.59 Å². The summed E-state index contributed by atoms with van der Waals surface area (Å²) in [5.74, 6) is -2.43. The molecule has 0 aliphatic rings. The Morgan fingerprint density at radius 2 is 1.71 bits per heavy atom. The summed E-state index contributed by atoms with van der Waals surface area (Å²) < 4.78 is 9.85. The van der Waals surface area contributed by atoms with Crippen molar-refractivity contribution in [1.29, 1.82) is 0 Å². The van der Waals surface area contributed by atoms with E-state index in [1.54, 1.807) is 31.9 Å². The maximum Gasteiger partial charge on any atom is 0.321 e. The first-order valence-electron chi connectivity index (χ1n) is 7.48. The number of nitrogens with zero attached hydrogens (tertiary/aromatic N) is 1. The Labute approximate surface area is 151 Å². The van der Waals surface area contributed by atoms with Gasteiger partial charge < -0.3 is 19.5 Å². The molecule has 0 aromatic heterocycles. The molecule has 1 aromatic carbocycles. The largest absolute Gasteiger partial charge is 0.506 e. The molecule has 24 heavy (non-hydrogen) atoms. The lowest BCUT2D eigenvalue weighted by Gasteiger charge is -2.22. The number of phenolic OH excluding ortho intramolecular Hbond substituents is 1. The van der Waals surface area contributed by atoms with Gasteiger partial charge in [-0.1, -0.05) is 23.2 Å². The molecule has 0 amide bonds. The van der Waals surface area contributed by atoms with Crippen LogP contribution in [-0.2, 0) is 25.6 Å². The van der Waals surface area contributed by atoms with E-state index < -0.39 is 17.9 Å². The van der Waals surface area contributed by atoms with E-state index in [1.807, 2.05) is 0 Å². The van der Waals surface area contributed by atoms with Crippen LogP contribution in [0.5, 0.6) is 5.75 Å². The summed E-state index contributed by atoms with van der Waals surface area (Å²) in [6.07, 6.45) is 0. The number of rotatable bonds is 8. The van der Waals surface area contributed by atoms with Gasteiger partial charge in [0.2, 0.25) is 0 Å². The molecule has 0 radical (unpaired) electrons. The van der Waals surface area contributed by atoms with Crippen molar-refractivity contribution in [2.45, 2.75) is 20.4 Å². The highest BCUT2D eigenvalue weighted by Gasteiger charge is 2.31. The molecule has 1 aromatic rings. The molecule has 0 unspecified atom stereocenters. The first-order chi connectivity index (χ1) is 11.3. The molecule has 0 bridgehead atoms. The Morgan fingerprint density at radius 3 is 2.21 bits per heavy atom. The lowest BCUT2D eigenvalue weighted by atomic mass is 10.1. The third-order valence-corrected chi connectivity index (χ3v) is 3.69. The van der Waals surface area contributed by atoms with Crippen LogP contribution in [0.2, 0.25) is 10.0 Å². The average Bonchev–Trinajstić information content (AvgIpc) is 2.50. The number of hydrogen-bond donors (Lipinski definition) is 1. The maximum atomic E-state index is 12.0. The van der Waals surface area contributed by atoms with E-state index in [0.29, 0.717) is 10.6 Å². The summed E-state index contributed by atoms with van der Waals surface area (Å²) in [6.45, 7) is 3.97. The van der Waals surface area contributed by atoms with Crippen LogP contribution in [0.15, 0.2) is 12.1 Å². The van der Waals surface area contributed by atoms with Gasteiger partial charge in [0, 0.05) is 23.7 Å². The van der Waals surface area contributed by atoms with E-state index in [9.17, 15) is 14.7 Å². The van der Waals surface area contributed by atoms with Crippen LogP contribution in [0.3, 0.4) is 0 Å². The highest BCUT2D eigenvalue weighted by atomic mass is 35.5. The Balaban J connectivity index is 2.86. The number of carbonyl (C=O) groups is 2. The van der Waals surface area contributed by atoms with E-state index in [0.717, 1.165) is 0 Å². The number of esters is 2. The van der Waals surface area contributed by atoms with Crippen molar-refractivity contribution in [2.75, 3.05) is 26.8 Å². The van der Waals surface area contributed by atoms with Gasteiger partial charge in [0.1, 0.15) is 5.75 Å². The summed E-state index contributed by atoms with van der Waals surface area (Å²) in [6, 6.07) is 3.00. The van der Waals surface area contributed by atoms with Crippen molar-refractivity contribution in [1.82, 2.24) is 4.90 Å². The lowest BCUT2D eigenvalue weighted by Crippen LogP contribution is -2.37. The van der Waals surface area contributed by atoms with Crippen LogP contribution >= 0.6 is 23.2 Å². The summed E-state index contributed by atoms with van der Waals surface area (Å²) in [7, 11) is 1.69. The highest BCUT2D eigenvalue weighted by Crippen LogP contribution is 2.31. The van der Waals surface area contributed by atoms with Gasteiger partial charge in [0.05, 0.1) is 18.2 Å². The second-order valence-corrected chi connectivity index (χ2v) is 5.99. The smallest absolute Gasteiger partial charge is 0.321 e. The minimum Gasteiger partial charge on any atom is -0.506 e. The molecule has 0 aliphatic heterocycles. The molecule has 0 spiro atoms. The van der Waals surface area contributed by atoms with Gasteiger partial charge in [0.15, 0.2) is 5.92 Å². The van der Waals surface area contributed by atoms with E-state index in [1.165, 1.54) is 6.07 Å². The van der Waals surface area contributed by atoms with Crippen LogP contribution in [-0.4, -0.2) is 48.8 Å². The number of ether oxygens (including phenoxy) is 2. The molecule has 0 heterocycles. The van der Waals surface area contributed by atoms with E-state index >= 15 is 0 Å². The van der Waals surface area contributed by atoms with Crippen LogP contribution in [0.25, 0.3) is 0 Å². The fourth-order valence-electron chi connectivity index (χ4n) is 2.14. The minimum atomic E-state index is -1.06. The monoisotopic (exact) mass is 377 g/mol. The van der Waals surface area contributed by atoms with Crippen molar-refractivity contribution in [3.05, 3.63) is 27.7 Å². The first kappa shape index (κ1) is 20.5. The summed E-state index contributed by atoms with van der Waals surface area (Å²) >= 11 is 11.8. The molecular weight excluding hydrogens is 357 g/mol. The molecule has 0 atom stereocenters. The Kier molecular flexibility index (Phi) is 8.31. The van der Waals surface area contributed by atoms with Gasteiger partial charge in [0.25, 0.3) is 0 Å². The van der Waals surface area contributed by atoms with Crippen LogP contribution in [0.4, 0.5) is 0 Å². The van der Waals surface area contributed by atoms with Gasteiger partial charge >= 0.3 is 11.9 Å². The predicted molar refractivity (Wildman–Crippen MR) is 91.2 cm³/mol. The molecule has 0 saturated heterocycles. The molecule has 0 aliphatic carbocycles. The van der Waals surface area contributed by atoms with Crippen molar-refractivity contribution >= 4 is 35.1 Å². The molecule has 8 heteroatoms. The molecular formula is C16H21Cl2NO5. The number of carbonyl (C=O) groups excluding carboxylic acids is 2. The molecule has 6 nitrogen and oxygen atoms in total. The second-order valence-electron chi connectivity index (χ2n) is 5.15. The third kappa shape index (κ3) is 5.85. The van der Waals surface area contributed by atoms with Crippen LogP contribution in [0.1, 0.15) is 19.4 Å². The quantitative estimate of drug-likeness (QED) is 0.554. The highest BCUT2D eigenvalue weighted by molar-refractivity contribution is 6.35. The van der Waals surface area contributed by atoms with E-state index in [4.69, 9.17) is 32.7 Å². The second kappa shape index (κ2) is 9.71. The topological polar surface area (TPSA) is 76.1 Å². The normalized spacial score (nSPS) is 11.0. The van der Waals surface area contributed by atoms with E-state index in [2.05, 4.69) is 0 Å². The Hall–Kier alpha value is -1.50. The van der Waals surface area contributed by atoms with Crippen LogP contribution < -0.4 is 0 Å². The molecule has 1 rings (SSSR count). The summed E-state index contributed by atoms with van der Waals surface area (Å²) in [4.78, 5) is 25.6. The summed E-state index contributed by atoms with van der Waals surface area (Å²) in [5, 5.41) is 10.5. The van der Waals surface area contributed by atoms with Crippen LogP contribution in [0, 0.1) is 5.92 Å². The summed E-state index contributed by atoms with van der Waals surface area (Å²) in [5.41, 5.74) is 0.487. The van der Waals surface area contributed by atoms with Crippen molar-refractivity contribution < 1.29 is 24.2 Å². The predicted octanol–water partition coefficient (Wildman–Crippen LogP) is 2.87. The maximum absolute atomic E-state index is 12.0. The van der Waals surface area contributed by atoms with Gasteiger partial charge in [-0.15, -0.1) is 0 Å². The average molecular weight is 378 g/mol. The van der Waals surface area contributed by atoms with Gasteiger partial charge in [-0.2, -0.15) is 0 Å². The lowest BCUT2D eigenvalue weighted by molar-refractivity contribution is -0.162. The Bertz CT molecular complexity index is 576. The molecule has 134 valence electrons. The standard InChI is InChI=1S/C16H21Cl2NO5/c1-4-23-15(21)12(16(22)24-5-2)9-19(3)8-10-6-11(17)7-13(18)14(10)20/h6-7,12,20H,4-5,8-9H2,1-3H3. The number of aromatic hydroxyl groups is 1. The first-order valence-corrected chi connectivity index (χ1v) is 8.24. The fourth-order valence-corrected chi connectivity index (χ4v) is 2.67. The SMILES string of the molecule is CCOC(=O)C(CN(C)Cc1cc(Cl)cc(Cl)c1O)C(=O)OCC. The zero-order valence-electron chi connectivity index (χ0n) is 13.8. The van der Waals surface area contributed by atoms with Crippen molar-refractivity contribution in [3.8, 4) is 5.75 Å². The molecule has 1 N–H and O–H groups in total. The minimum absolute atomic E-state index is 0.0707. The zero-order chi connectivity index (χ0) is 18.3. The van der Waals surface area contributed by atoms with Crippen molar-refractivity contribution in [3.63, 3.8) is 0 Å². The molecule has 0 fully saturated rings. The van der Waals surface area contributed by atoms with Crippen molar-refractivity contribution in [2.24, 2.45) is 5.92 Å². The number of halogens is 2. The van der Waals surface area contributed by atoms with Gasteiger partial charge in [-0.05, 0) is 33.0 Å². The molecule has 0 saturated carbocycles. The fraction of sp³-hybridized carbons (Fsp3) is 0.500. The number of hydrogen-bond acceptors (Lipinski definition) is 6. The van der Waals surface area contributed by atoms with Gasteiger partial charge in [-0.25, -0.2) is 0 Å². The Morgan fingerprint density at radius 1 is 1.17 bits per heavy atom. The zero-order valence-corrected chi connectivity index (χ0v) is 15.4. The number of benzene rings is 1. The third-order valence-electron chi connectivity index (χ3n) is 3.18.